The van der Waals surface area contributed by atoms with Gasteiger partial charge in [0.25, 0.3) is 0 Å². The van der Waals surface area contributed by atoms with Gasteiger partial charge in [-0.15, -0.1) is 0 Å². The number of benzene rings is 1. The summed E-state index contributed by atoms with van der Waals surface area (Å²) in [5, 5.41) is 9.13. The van der Waals surface area contributed by atoms with Gasteiger partial charge in [0.1, 0.15) is 18.1 Å². The van der Waals surface area contributed by atoms with E-state index in [0.29, 0.717) is 12.4 Å². The maximum atomic E-state index is 9.13. The lowest BCUT2D eigenvalue weighted by molar-refractivity contribution is 0.358. The summed E-state index contributed by atoms with van der Waals surface area (Å²) in [5.74, 6) is 0.654. The number of aromatic hydroxyl groups is 1. The van der Waals surface area contributed by atoms with Crippen LogP contribution in [0.5, 0.6) is 11.5 Å². The second-order valence-corrected chi connectivity index (χ2v) is 2.51. The summed E-state index contributed by atoms with van der Waals surface area (Å²) in [4.78, 5) is 0. The fourth-order valence-corrected chi connectivity index (χ4v) is 0.889. The third kappa shape index (κ3) is 2.31. The third-order valence-electron chi connectivity index (χ3n) is 1.33. The highest BCUT2D eigenvalue weighted by Crippen LogP contribution is 2.19. The smallest absolute Gasteiger partial charge is 0.131 e. The average Bonchev–Trinajstić information content (AvgIpc) is 1.99. The minimum absolute atomic E-state index is 0.106. The summed E-state index contributed by atoms with van der Waals surface area (Å²) in [6.45, 7) is 5.83. The van der Waals surface area contributed by atoms with Crippen molar-refractivity contribution in [3.05, 3.63) is 36.4 Å². The Morgan fingerprint density at radius 2 is 2.42 bits per heavy atom. The molecule has 0 atom stereocenters. The molecule has 12 heavy (non-hydrogen) atoms. The van der Waals surface area contributed by atoms with Crippen LogP contribution in [0.1, 0.15) is 5.56 Å². The lowest BCUT2D eigenvalue weighted by Gasteiger charge is -2.03. The molecule has 0 bridgehead atoms. The summed E-state index contributed by atoms with van der Waals surface area (Å²) >= 11 is 0. The molecule has 0 aliphatic heterocycles. The minimum atomic E-state index is 0.106. The normalized spacial score (nSPS) is 9.42. The van der Waals surface area contributed by atoms with Crippen molar-refractivity contribution in [2.24, 2.45) is 0 Å². The van der Waals surface area contributed by atoms with Crippen LogP contribution < -0.4 is 4.74 Å². The molecule has 0 aliphatic carbocycles. The largest absolute Gasteiger partial charge is 0.507 e. The van der Waals surface area contributed by atoms with Crippen molar-refractivity contribution in [3.63, 3.8) is 0 Å². The van der Waals surface area contributed by atoms with Crippen molar-refractivity contribution >= 4 is 0 Å². The number of hydrogen-bond acceptors (Lipinski definition) is 2. The van der Waals surface area contributed by atoms with Crippen LogP contribution in [-0.4, -0.2) is 11.7 Å². The highest BCUT2D eigenvalue weighted by atomic mass is 16.5. The number of aryl methyl sites for hydroxylation is 1. The van der Waals surface area contributed by atoms with Crippen molar-refractivity contribution in [2.75, 3.05) is 6.61 Å². The highest BCUT2D eigenvalue weighted by Gasteiger charge is 1.97. The van der Waals surface area contributed by atoms with Crippen LogP contribution in [0.25, 0.3) is 0 Å². The van der Waals surface area contributed by atoms with Gasteiger partial charge in [-0.1, -0.05) is 12.7 Å². The van der Waals surface area contributed by atoms with Crippen LogP contribution in [-0.2, 0) is 0 Å². The molecule has 0 fully saturated rings. The molecule has 1 aromatic rings. The molecule has 0 spiro atoms. The molecule has 1 N–H and O–H groups in total. The van der Waals surface area contributed by atoms with E-state index in [1.165, 1.54) is 0 Å². The molecule has 0 saturated carbocycles. The highest BCUT2D eigenvalue weighted by molar-refractivity contribution is 5.35. The van der Waals surface area contributed by atoms with Gasteiger partial charge in [-0.25, -0.2) is 0 Å². The van der Waals surface area contributed by atoms with E-state index in [-0.39, 0.29) is 5.75 Å². The number of ether oxygens (including phenoxy) is 1. The molecule has 0 heterocycles. The quantitative estimate of drug-likeness (QED) is 0.691. The van der Waals surface area contributed by atoms with E-state index in [1.807, 2.05) is 13.0 Å². The van der Waals surface area contributed by atoms with E-state index in [4.69, 9.17) is 9.84 Å². The Bertz CT molecular complexity index is 259. The zero-order valence-corrected chi connectivity index (χ0v) is 7.00. The Balaban J connectivity index is 2.78. The molecule has 1 aromatic carbocycles. The predicted molar refractivity (Wildman–Crippen MR) is 47.4 cm³/mol. The molecule has 63 valence electrons. The third-order valence-corrected chi connectivity index (χ3v) is 1.33. The Kier molecular flexibility index (Phi) is 2.75. The standard InChI is InChI=1S/C10H11O2/c1-3-4-12-10-6-8(2)5-9(11)7-10/h3,5-6,11H,1,4H2,2H3. The van der Waals surface area contributed by atoms with Gasteiger partial charge in [-0.05, 0) is 24.6 Å². The molecule has 1 radical (unpaired) electrons. The molecule has 0 saturated heterocycles. The van der Waals surface area contributed by atoms with Crippen LogP contribution in [0.2, 0.25) is 0 Å². The van der Waals surface area contributed by atoms with Crippen molar-refractivity contribution in [2.45, 2.75) is 6.92 Å². The molecule has 0 unspecified atom stereocenters. The van der Waals surface area contributed by atoms with Gasteiger partial charge in [0.05, 0.1) is 6.07 Å². The van der Waals surface area contributed by atoms with Crippen LogP contribution in [0, 0.1) is 13.0 Å². The van der Waals surface area contributed by atoms with E-state index in [9.17, 15) is 0 Å². The summed E-state index contributed by atoms with van der Waals surface area (Å²) in [7, 11) is 0. The van der Waals surface area contributed by atoms with Crippen molar-refractivity contribution < 1.29 is 9.84 Å². The first kappa shape index (κ1) is 8.65. The van der Waals surface area contributed by atoms with Crippen LogP contribution in [0.15, 0.2) is 24.8 Å². The van der Waals surface area contributed by atoms with Crippen molar-refractivity contribution in [3.8, 4) is 11.5 Å². The van der Waals surface area contributed by atoms with Crippen molar-refractivity contribution in [1.29, 1.82) is 0 Å². The summed E-state index contributed by atoms with van der Waals surface area (Å²) in [6, 6.07) is 6.10. The van der Waals surface area contributed by atoms with Gasteiger partial charge in [-0.3, -0.25) is 0 Å². The summed E-state index contributed by atoms with van der Waals surface area (Å²) in [6.07, 6.45) is 1.65. The maximum Gasteiger partial charge on any atom is 0.131 e. The summed E-state index contributed by atoms with van der Waals surface area (Å²) in [5.41, 5.74) is 0.949. The SMILES string of the molecule is C=CCOc1[c]c(O)cc(C)c1. The average molecular weight is 163 g/mol. The monoisotopic (exact) mass is 163 g/mol. The predicted octanol–water partition coefficient (Wildman–Crippen LogP) is 2.07. The Morgan fingerprint density at radius 1 is 1.67 bits per heavy atom. The second kappa shape index (κ2) is 3.81. The van der Waals surface area contributed by atoms with E-state index >= 15 is 0 Å². The molecule has 1 rings (SSSR count). The van der Waals surface area contributed by atoms with Gasteiger partial charge in [0.2, 0.25) is 0 Å². The summed E-state index contributed by atoms with van der Waals surface area (Å²) < 4.78 is 5.18. The molecular formula is C10H11O2. The van der Waals surface area contributed by atoms with Crippen LogP contribution in [0.4, 0.5) is 0 Å². The van der Waals surface area contributed by atoms with E-state index < -0.39 is 0 Å². The van der Waals surface area contributed by atoms with Gasteiger partial charge in [-0.2, -0.15) is 0 Å². The lowest BCUT2D eigenvalue weighted by Crippen LogP contribution is -1.92. The van der Waals surface area contributed by atoms with Gasteiger partial charge >= 0.3 is 0 Å². The number of rotatable bonds is 3. The molecule has 0 amide bonds. The fourth-order valence-electron chi connectivity index (χ4n) is 0.889. The molecule has 0 aromatic heterocycles. The Morgan fingerprint density at radius 3 is 3.00 bits per heavy atom. The topological polar surface area (TPSA) is 29.5 Å². The maximum absolute atomic E-state index is 9.13. The zero-order valence-electron chi connectivity index (χ0n) is 7.00. The van der Waals surface area contributed by atoms with Gasteiger partial charge < -0.3 is 9.84 Å². The minimum Gasteiger partial charge on any atom is -0.507 e. The first-order valence-electron chi connectivity index (χ1n) is 3.69. The molecule has 0 aliphatic rings. The van der Waals surface area contributed by atoms with Gasteiger partial charge in [0, 0.05) is 0 Å². The number of phenols is 1. The lowest BCUT2D eigenvalue weighted by atomic mass is 10.2. The van der Waals surface area contributed by atoms with Crippen LogP contribution >= 0.6 is 0 Å². The Labute approximate surface area is 72.1 Å². The number of phenolic OH excluding ortho intramolecular Hbond substituents is 1. The first-order chi connectivity index (χ1) is 5.72. The Hall–Kier alpha value is -1.44. The zero-order chi connectivity index (χ0) is 8.97. The molecular weight excluding hydrogens is 152 g/mol. The van der Waals surface area contributed by atoms with Gasteiger partial charge in [0.15, 0.2) is 0 Å². The van der Waals surface area contributed by atoms with Crippen LogP contribution in [0.3, 0.4) is 0 Å². The molecule has 2 nitrogen and oxygen atoms in total. The van der Waals surface area contributed by atoms with E-state index in [0.717, 1.165) is 5.56 Å². The van der Waals surface area contributed by atoms with Crippen molar-refractivity contribution in [1.82, 2.24) is 0 Å². The van der Waals surface area contributed by atoms with E-state index in [2.05, 4.69) is 12.6 Å². The second-order valence-electron chi connectivity index (χ2n) is 2.51. The molecule has 2 heteroatoms. The first-order valence-corrected chi connectivity index (χ1v) is 3.69. The van der Waals surface area contributed by atoms with E-state index in [1.54, 1.807) is 12.1 Å². The number of hydrogen-bond donors (Lipinski definition) is 1. The fraction of sp³-hybridized carbons (Fsp3) is 0.200.